The second kappa shape index (κ2) is 9.25. The van der Waals surface area contributed by atoms with Gasteiger partial charge in [0.25, 0.3) is 0 Å². The van der Waals surface area contributed by atoms with Crippen molar-refractivity contribution >= 4 is 27.8 Å². The predicted octanol–water partition coefficient (Wildman–Crippen LogP) is 4.01. The normalized spacial score (nSPS) is 18.9. The molecule has 1 unspecified atom stereocenters. The maximum Gasteiger partial charge on any atom is 0.338 e. The number of esters is 1. The first-order chi connectivity index (χ1) is 15.0. The third kappa shape index (κ3) is 4.26. The van der Waals surface area contributed by atoms with E-state index in [9.17, 15) is 4.79 Å². The molecule has 2 heterocycles. The number of halogens is 1. The molecule has 1 saturated carbocycles. The van der Waals surface area contributed by atoms with Crippen molar-refractivity contribution in [3.63, 3.8) is 0 Å². The molecule has 1 N–H and O–H groups in total. The van der Waals surface area contributed by atoms with Crippen LogP contribution in [0.5, 0.6) is 11.5 Å². The number of ether oxygens (including phenoxy) is 3. The minimum absolute atomic E-state index is 0.0564. The zero-order valence-corrected chi connectivity index (χ0v) is 19.4. The monoisotopic (exact) mass is 491 g/mol. The molecule has 2 aliphatic rings. The van der Waals surface area contributed by atoms with E-state index in [1.54, 1.807) is 11.8 Å². The average molecular weight is 492 g/mol. The van der Waals surface area contributed by atoms with Gasteiger partial charge in [-0.1, -0.05) is 11.5 Å². The first kappa shape index (κ1) is 21.6. The number of nitrogens with zero attached hydrogens (tertiary/aromatic N) is 4. The number of allylic oxidation sites excluding steroid dienone is 1. The van der Waals surface area contributed by atoms with Crippen LogP contribution in [-0.4, -0.2) is 46.0 Å². The third-order valence-electron chi connectivity index (χ3n) is 5.61. The topological polar surface area (TPSA) is 100 Å². The summed E-state index contributed by atoms with van der Waals surface area (Å²) in [7, 11) is 1.59. The quantitative estimate of drug-likeness (QED) is 0.604. The molecule has 31 heavy (non-hydrogen) atoms. The molecule has 0 bridgehead atoms. The molecule has 1 atom stereocenters. The van der Waals surface area contributed by atoms with Gasteiger partial charge in [-0.05, 0) is 83.6 Å². The second-order valence-electron chi connectivity index (χ2n) is 7.65. The molecular formula is C21H26BrN5O4. The van der Waals surface area contributed by atoms with Crippen LogP contribution in [0.4, 0.5) is 5.95 Å². The molecule has 0 amide bonds. The summed E-state index contributed by atoms with van der Waals surface area (Å²) in [5.74, 6) is 1.26. The molecule has 2 aromatic rings. The van der Waals surface area contributed by atoms with Crippen molar-refractivity contribution in [2.75, 3.05) is 19.0 Å². The Morgan fingerprint density at radius 2 is 2.06 bits per heavy atom. The fourth-order valence-corrected chi connectivity index (χ4v) is 4.81. The molecule has 4 rings (SSSR count). The Morgan fingerprint density at radius 1 is 1.29 bits per heavy atom. The van der Waals surface area contributed by atoms with Crippen molar-refractivity contribution < 1.29 is 19.0 Å². The zero-order valence-electron chi connectivity index (χ0n) is 17.9. The van der Waals surface area contributed by atoms with Crippen molar-refractivity contribution in [2.24, 2.45) is 0 Å². The number of rotatable bonds is 6. The van der Waals surface area contributed by atoms with E-state index < -0.39 is 6.04 Å². The number of carbonyl (C=O) groups excluding carboxylic acids is 1. The van der Waals surface area contributed by atoms with Crippen molar-refractivity contribution in [3.05, 3.63) is 33.4 Å². The number of fused-ring (bicyclic) bond motifs is 1. The average Bonchev–Trinajstić information content (AvgIpc) is 3.21. The SMILES string of the molecule is CCOc1cc(C2C(C(=O)OC3CCCCC3)=C(C)Nc3nnnn32)cc(Br)c1OC. The van der Waals surface area contributed by atoms with E-state index in [-0.39, 0.29) is 12.1 Å². The van der Waals surface area contributed by atoms with Crippen LogP contribution in [0, 0.1) is 0 Å². The number of hydrogen-bond acceptors (Lipinski definition) is 8. The van der Waals surface area contributed by atoms with Gasteiger partial charge >= 0.3 is 5.97 Å². The summed E-state index contributed by atoms with van der Waals surface area (Å²) < 4.78 is 19.5. The summed E-state index contributed by atoms with van der Waals surface area (Å²) in [6.07, 6.45) is 5.09. The molecule has 9 nitrogen and oxygen atoms in total. The van der Waals surface area contributed by atoms with Crippen LogP contribution in [0.3, 0.4) is 0 Å². The summed E-state index contributed by atoms with van der Waals surface area (Å²) >= 11 is 3.56. The highest BCUT2D eigenvalue weighted by Crippen LogP contribution is 2.42. The van der Waals surface area contributed by atoms with Crippen LogP contribution in [0.1, 0.15) is 57.6 Å². The van der Waals surface area contributed by atoms with Crippen LogP contribution in [0.2, 0.25) is 0 Å². The molecule has 1 fully saturated rings. The Labute approximate surface area is 189 Å². The van der Waals surface area contributed by atoms with Crippen LogP contribution < -0.4 is 14.8 Å². The van der Waals surface area contributed by atoms with E-state index in [1.165, 1.54) is 6.42 Å². The second-order valence-corrected chi connectivity index (χ2v) is 8.50. The number of methoxy groups -OCH3 is 1. The zero-order chi connectivity index (χ0) is 22.0. The van der Waals surface area contributed by atoms with Gasteiger partial charge in [0.2, 0.25) is 5.95 Å². The van der Waals surface area contributed by atoms with Gasteiger partial charge in [-0.2, -0.15) is 4.68 Å². The minimum Gasteiger partial charge on any atom is -0.492 e. The highest BCUT2D eigenvalue weighted by molar-refractivity contribution is 9.10. The Hall–Kier alpha value is -2.62. The Bertz CT molecular complexity index is 1000. The summed E-state index contributed by atoms with van der Waals surface area (Å²) in [4.78, 5) is 13.3. The van der Waals surface area contributed by atoms with E-state index in [1.807, 2.05) is 26.0 Å². The largest absolute Gasteiger partial charge is 0.492 e. The van der Waals surface area contributed by atoms with Gasteiger partial charge in [-0.25, -0.2) is 4.79 Å². The maximum atomic E-state index is 13.3. The molecule has 0 radical (unpaired) electrons. The van der Waals surface area contributed by atoms with Gasteiger partial charge in [0.15, 0.2) is 11.5 Å². The van der Waals surface area contributed by atoms with Gasteiger partial charge in [0.1, 0.15) is 12.1 Å². The number of nitrogens with one attached hydrogen (secondary N) is 1. The molecule has 0 spiro atoms. The van der Waals surface area contributed by atoms with Gasteiger partial charge in [-0.3, -0.25) is 0 Å². The number of aromatic nitrogens is 4. The Morgan fingerprint density at radius 3 is 2.77 bits per heavy atom. The van der Waals surface area contributed by atoms with E-state index >= 15 is 0 Å². The first-order valence-electron chi connectivity index (χ1n) is 10.5. The summed E-state index contributed by atoms with van der Waals surface area (Å²) in [5, 5.41) is 15.1. The standard InChI is InChI=1S/C21H26BrN5O4/c1-4-30-16-11-13(10-15(22)19(16)29-3)18-17(12(2)23-21-24-25-26-27(18)21)20(28)31-14-8-6-5-7-9-14/h10-11,14,18H,4-9H2,1-3H3,(H,23,24,26). The van der Waals surface area contributed by atoms with Crippen LogP contribution in [0.25, 0.3) is 0 Å². The lowest BCUT2D eigenvalue weighted by atomic mass is 9.94. The highest BCUT2D eigenvalue weighted by atomic mass is 79.9. The molecule has 0 saturated heterocycles. The molecule has 1 aromatic heterocycles. The molecular weight excluding hydrogens is 466 g/mol. The van der Waals surface area contributed by atoms with Crippen LogP contribution in [-0.2, 0) is 9.53 Å². The number of tetrazole rings is 1. The summed E-state index contributed by atoms with van der Waals surface area (Å²) in [6.45, 7) is 4.21. The predicted molar refractivity (Wildman–Crippen MR) is 117 cm³/mol. The van der Waals surface area contributed by atoms with Gasteiger partial charge in [-0.15, -0.1) is 0 Å². The fourth-order valence-electron chi connectivity index (χ4n) is 4.19. The smallest absolute Gasteiger partial charge is 0.338 e. The lowest BCUT2D eigenvalue weighted by Gasteiger charge is -2.30. The Balaban J connectivity index is 1.77. The van der Waals surface area contributed by atoms with Crippen molar-refractivity contribution in [1.29, 1.82) is 0 Å². The summed E-state index contributed by atoms with van der Waals surface area (Å²) in [5.41, 5.74) is 1.92. The maximum absolute atomic E-state index is 13.3. The number of benzene rings is 1. The molecule has 1 aliphatic carbocycles. The lowest BCUT2D eigenvalue weighted by Crippen LogP contribution is -2.32. The van der Waals surface area contributed by atoms with Gasteiger partial charge < -0.3 is 19.5 Å². The first-order valence-corrected chi connectivity index (χ1v) is 11.3. The number of hydrogen-bond donors (Lipinski definition) is 1. The summed E-state index contributed by atoms with van der Waals surface area (Å²) in [6, 6.07) is 3.18. The van der Waals surface area contributed by atoms with Crippen molar-refractivity contribution in [1.82, 2.24) is 20.2 Å². The molecule has 10 heteroatoms. The van der Waals surface area contributed by atoms with Crippen molar-refractivity contribution in [2.45, 2.75) is 58.1 Å². The van der Waals surface area contributed by atoms with Gasteiger partial charge in [0.05, 0.1) is 23.8 Å². The Kier molecular flexibility index (Phi) is 6.45. The van der Waals surface area contributed by atoms with Crippen LogP contribution >= 0.6 is 15.9 Å². The van der Waals surface area contributed by atoms with Gasteiger partial charge in [0, 0.05) is 5.70 Å². The van der Waals surface area contributed by atoms with E-state index in [0.717, 1.165) is 31.2 Å². The fraction of sp³-hybridized carbons (Fsp3) is 0.524. The van der Waals surface area contributed by atoms with E-state index in [0.29, 0.717) is 39.8 Å². The van der Waals surface area contributed by atoms with Crippen molar-refractivity contribution in [3.8, 4) is 11.5 Å². The number of carbonyl (C=O) groups is 1. The van der Waals surface area contributed by atoms with E-state index in [4.69, 9.17) is 14.2 Å². The third-order valence-corrected chi connectivity index (χ3v) is 6.20. The van der Waals surface area contributed by atoms with E-state index in [2.05, 4.69) is 36.8 Å². The lowest BCUT2D eigenvalue weighted by molar-refractivity contribution is -0.146. The number of anilines is 1. The molecule has 166 valence electrons. The molecule has 1 aromatic carbocycles. The van der Waals surface area contributed by atoms with Crippen LogP contribution in [0.15, 0.2) is 27.9 Å². The molecule has 1 aliphatic heterocycles. The minimum atomic E-state index is -0.566. The highest BCUT2D eigenvalue weighted by Gasteiger charge is 2.37.